The number of nitrogens with zero attached hydrogens (tertiary/aromatic N) is 2. The van der Waals surface area contributed by atoms with Gasteiger partial charge in [0, 0.05) is 13.6 Å². The van der Waals surface area contributed by atoms with Crippen LogP contribution in [0.3, 0.4) is 0 Å². The number of aromatic nitrogens is 2. The van der Waals surface area contributed by atoms with Gasteiger partial charge in [-0.3, -0.25) is 18.7 Å². The number of fused-ring (bicyclic) bond motifs is 1. The van der Waals surface area contributed by atoms with E-state index < -0.39 is 5.69 Å². The molecule has 2 heterocycles. The molecule has 0 aliphatic rings. The number of hydrogen-bond donors (Lipinski definition) is 1. The first-order chi connectivity index (χ1) is 9.91. The molecule has 0 unspecified atom stereocenters. The predicted octanol–water partition coefficient (Wildman–Crippen LogP) is 0.924. The SMILES string of the molecule is CC(C)CCNC(=O)Cn1c(=O)n(C)c(=O)c2sccc21. The van der Waals surface area contributed by atoms with E-state index in [9.17, 15) is 14.4 Å². The fraction of sp³-hybridized carbons (Fsp3) is 0.500. The number of hydrogen-bond acceptors (Lipinski definition) is 4. The Balaban J connectivity index is 2.26. The Bertz CT molecular complexity index is 770. The summed E-state index contributed by atoms with van der Waals surface area (Å²) in [5.74, 6) is 0.290. The van der Waals surface area contributed by atoms with Gasteiger partial charge in [-0.05, 0) is 23.8 Å². The van der Waals surface area contributed by atoms with E-state index in [1.807, 2.05) is 0 Å². The monoisotopic (exact) mass is 309 g/mol. The summed E-state index contributed by atoms with van der Waals surface area (Å²) >= 11 is 1.28. The molecule has 21 heavy (non-hydrogen) atoms. The summed E-state index contributed by atoms with van der Waals surface area (Å²) < 4.78 is 2.88. The summed E-state index contributed by atoms with van der Waals surface area (Å²) in [7, 11) is 1.43. The van der Waals surface area contributed by atoms with Crippen molar-refractivity contribution in [3.8, 4) is 0 Å². The van der Waals surface area contributed by atoms with Crippen LogP contribution in [0.15, 0.2) is 21.0 Å². The van der Waals surface area contributed by atoms with Gasteiger partial charge in [-0.25, -0.2) is 4.79 Å². The molecule has 0 fully saturated rings. The second kappa shape index (κ2) is 6.26. The average Bonchev–Trinajstić information content (AvgIpc) is 2.90. The highest BCUT2D eigenvalue weighted by Gasteiger charge is 2.14. The highest BCUT2D eigenvalue weighted by atomic mass is 32.1. The van der Waals surface area contributed by atoms with Gasteiger partial charge in [-0.1, -0.05) is 13.8 Å². The van der Waals surface area contributed by atoms with E-state index in [1.54, 1.807) is 11.4 Å². The number of carbonyl (C=O) groups excluding carboxylic acids is 1. The van der Waals surface area contributed by atoms with Crippen LogP contribution in [-0.2, 0) is 18.4 Å². The highest BCUT2D eigenvalue weighted by Crippen LogP contribution is 2.14. The average molecular weight is 309 g/mol. The van der Waals surface area contributed by atoms with Gasteiger partial charge in [0.25, 0.3) is 5.56 Å². The Morgan fingerprint density at radius 3 is 2.76 bits per heavy atom. The fourth-order valence-electron chi connectivity index (χ4n) is 2.05. The maximum atomic E-state index is 12.2. The molecule has 0 atom stereocenters. The van der Waals surface area contributed by atoms with E-state index in [-0.39, 0.29) is 18.0 Å². The van der Waals surface area contributed by atoms with E-state index in [0.717, 1.165) is 11.0 Å². The zero-order valence-electron chi connectivity index (χ0n) is 12.4. The quantitative estimate of drug-likeness (QED) is 0.893. The molecule has 2 rings (SSSR count). The Kier molecular flexibility index (Phi) is 4.62. The van der Waals surface area contributed by atoms with Crippen molar-refractivity contribution >= 4 is 27.5 Å². The molecule has 1 amide bonds. The Morgan fingerprint density at radius 1 is 1.38 bits per heavy atom. The number of carbonyl (C=O) groups is 1. The first-order valence-corrected chi connectivity index (χ1v) is 7.73. The lowest BCUT2D eigenvalue weighted by molar-refractivity contribution is -0.121. The summed E-state index contributed by atoms with van der Waals surface area (Å²) in [6, 6.07) is 1.70. The number of rotatable bonds is 5. The molecule has 0 aromatic carbocycles. The zero-order valence-corrected chi connectivity index (χ0v) is 13.2. The summed E-state index contributed by atoms with van der Waals surface area (Å²) in [6.07, 6.45) is 0.891. The van der Waals surface area contributed by atoms with Crippen molar-refractivity contribution in [3.63, 3.8) is 0 Å². The van der Waals surface area contributed by atoms with Crippen molar-refractivity contribution in [2.45, 2.75) is 26.8 Å². The maximum Gasteiger partial charge on any atom is 0.331 e. The number of thiophene rings is 1. The zero-order chi connectivity index (χ0) is 15.6. The molecule has 7 heteroatoms. The molecule has 0 bridgehead atoms. The van der Waals surface area contributed by atoms with Gasteiger partial charge in [0.1, 0.15) is 11.2 Å². The molecule has 6 nitrogen and oxygen atoms in total. The Morgan fingerprint density at radius 2 is 2.10 bits per heavy atom. The molecular formula is C14H19N3O3S. The third kappa shape index (κ3) is 3.24. The van der Waals surface area contributed by atoms with Gasteiger partial charge >= 0.3 is 5.69 Å². The normalized spacial score (nSPS) is 11.2. The fourth-order valence-corrected chi connectivity index (χ4v) is 2.92. The summed E-state index contributed by atoms with van der Waals surface area (Å²) in [5, 5.41) is 4.55. The number of nitrogens with one attached hydrogen (secondary N) is 1. The lowest BCUT2D eigenvalue weighted by atomic mass is 10.1. The minimum absolute atomic E-state index is 0.0711. The smallest absolute Gasteiger partial charge is 0.331 e. The lowest BCUT2D eigenvalue weighted by Gasteiger charge is -2.11. The van der Waals surface area contributed by atoms with Gasteiger partial charge in [-0.15, -0.1) is 11.3 Å². The first kappa shape index (κ1) is 15.5. The van der Waals surface area contributed by atoms with Crippen molar-refractivity contribution in [3.05, 3.63) is 32.3 Å². The molecule has 0 saturated heterocycles. The van der Waals surface area contributed by atoms with Crippen LogP contribution in [0.25, 0.3) is 10.2 Å². The van der Waals surface area contributed by atoms with Gasteiger partial charge < -0.3 is 5.32 Å². The van der Waals surface area contributed by atoms with Crippen molar-refractivity contribution in [2.24, 2.45) is 13.0 Å². The molecule has 114 valence electrons. The summed E-state index contributed by atoms with van der Waals surface area (Å²) in [4.78, 5) is 36.1. The van der Waals surface area contributed by atoms with Crippen molar-refractivity contribution < 1.29 is 4.79 Å². The van der Waals surface area contributed by atoms with E-state index in [2.05, 4.69) is 19.2 Å². The molecular weight excluding hydrogens is 290 g/mol. The molecule has 0 saturated carbocycles. The molecule has 1 N–H and O–H groups in total. The third-order valence-corrected chi connectivity index (χ3v) is 4.19. The molecule has 0 spiro atoms. The number of amides is 1. The summed E-state index contributed by atoms with van der Waals surface area (Å²) in [5.41, 5.74) is -0.265. The van der Waals surface area contributed by atoms with Crippen LogP contribution in [0.2, 0.25) is 0 Å². The Hall–Kier alpha value is -1.89. The van der Waals surface area contributed by atoms with Crippen molar-refractivity contribution in [2.75, 3.05) is 6.54 Å². The van der Waals surface area contributed by atoms with Crippen LogP contribution < -0.4 is 16.6 Å². The minimum Gasteiger partial charge on any atom is -0.355 e. The van der Waals surface area contributed by atoms with Gasteiger partial charge in [0.15, 0.2) is 0 Å². The van der Waals surface area contributed by atoms with Crippen LogP contribution in [0, 0.1) is 5.92 Å². The van der Waals surface area contributed by atoms with Gasteiger partial charge in [-0.2, -0.15) is 0 Å². The van der Waals surface area contributed by atoms with Crippen molar-refractivity contribution in [1.82, 2.24) is 14.5 Å². The maximum absolute atomic E-state index is 12.2. The van der Waals surface area contributed by atoms with Crippen LogP contribution in [0.1, 0.15) is 20.3 Å². The van der Waals surface area contributed by atoms with E-state index in [0.29, 0.717) is 22.7 Å². The predicted molar refractivity (Wildman–Crippen MR) is 83.8 cm³/mol. The van der Waals surface area contributed by atoms with E-state index >= 15 is 0 Å². The first-order valence-electron chi connectivity index (χ1n) is 6.85. The Labute approximate surface area is 126 Å². The van der Waals surface area contributed by atoms with Gasteiger partial charge in [0.2, 0.25) is 5.91 Å². The van der Waals surface area contributed by atoms with Crippen molar-refractivity contribution in [1.29, 1.82) is 0 Å². The van der Waals surface area contributed by atoms with Crippen LogP contribution in [-0.4, -0.2) is 21.6 Å². The molecule has 2 aromatic rings. The van der Waals surface area contributed by atoms with Crippen LogP contribution in [0.5, 0.6) is 0 Å². The third-order valence-electron chi connectivity index (χ3n) is 3.30. The van der Waals surface area contributed by atoms with Crippen LogP contribution >= 0.6 is 11.3 Å². The van der Waals surface area contributed by atoms with Crippen LogP contribution in [0.4, 0.5) is 0 Å². The second-order valence-electron chi connectivity index (χ2n) is 5.40. The van der Waals surface area contributed by atoms with Gasteiger partial charge in [0.05, 0.1) is 5.52 Å². The topological polar surface area (TPSA) is 73.1 Å². The lowest BCUT2D eigenvalue weighted by Crippen LogP contribution is -2.41. The molecule has 0 aliphatic heterocycles. The molecule has 2 aromatic heterocycles. The second-order valence-corrected chi connectivity index (χ2v) is 6.32. The largest absolute Gasteiger partial charge is 0.355 e. The van der Waals surface area contributed by atoms with E-state index in [1.165, 1.54) is 23.0 Å². The highest BCUT2D eigenvalue weighted by molar-refractivity contribution is 7.17. The summed E-state index contributed by atoms with van der Waals surface area (Å²) in [6.45, 7) is 4.68. The molecule has 0 radical (unpaired) electrons. The minimum atomic E-state index is -0.468. The van der Waals surface area contributed by atoms with E-state index in [4.69, 9.17) is 0 Å². The standard InChI is InChI=1S/C14H19N3O3S/c1-9(2)4-6-15-11(18)8-17-10-5-7-21-12(10)13(19)16(3)14(17)20/h5,7,9H,4,6,8H2,1-3H3,(H,15,18). The molecule has 0 aliphatic carbocycles.